The zero-order valence-electron chi connectivity index (χ0n) is 20.6. The van der Waals surface area contributed by atoms with Crippen molar-refractivity contribution in [1.29, 1.82) is 0 Å². The normalized spacial score (nSPS) is 23.2. The fourth-order valence-corrected chi connectivity index (χ4v) is 6.51. The number of anilines is 1. The van der Waals surface area contributed by atoms with Crippen molar-refractivity contribution in [1.82, 2.24) is 14.5 Å². The summed E-state index contributed by atoms with van der Waals surface area (Å²) in [6.07, 6.45) is 2.20. The number of urea groups is 1. The van der Waals surface area contributed by atoms with Crippen LogP contribution < -0.4 is 16.4 Å². The van der Waals surface area contributed by atoms with E-state index in [2.05, 4.69) is 10.6 Å². The molecule has 1 aliphatic carbocycles. The Morgan fingerprint density at radius 2 is 1.64 bits per heavy atom. The van der Waals surface area contributed by atoms with Gasteiger partial charge in [-0.3, -0.25) is 9.69 Å². The summed E-state index contributed by atoms with van der Waals surface area (Å²) < 4.78 is 28.3. The lowest BCUT2D eigenvalue weighted by Crippen LogP contribution is -2.65. The van der Waals surface area contributed by atoms with E-state index in [0.29, 0.717) is 17.7 Å². The molecule has 194 valence electrons. The Labute approximate surface area is 213 Å². The number of nitrogens with zero attached hydrogens (tertiary/aromatic N) is 2. The van der Waals surface area contributed by atoms with E-state index in [0.717, 1.165) is 31.2 Å². The van der Waals surface area contributed by atoms with Crippen LogP contribution in [0.15, 0.2) is 54.6 Å². The third-order valence-corrected chi connectivity index (χ3v) is 8.61. The van der Waals surface area contributed by atoms with Crippen LogP contribution in [0.5, 0.6) is 0 Å². The molecule has 1 saturated heterocycles. The quantitative estimate of drug-likeness (QED) is 0.548. The summed E-state index contributed by atoms with van der Waals surface area (Å²) in [6, 6.07) is 15.7. The summed E-state index contributed by atoms with van der Waals surface area (Å²) in [5.74, 6) is -0.727. The summed E-state index contributed by atoms with van der Waals surface area (Å²) >= 11 is 0. The number of sulfonamides is 1. The van der Waals surface area contributed by atoms with Crippen LogP contribution in [0.2, 0.25) is 0 Å². The van der Waals surface area contributed by atoms with Crippen molar-refractivity contribution in [3.63, 3.8) is 0 Å². The Morgan fingerprint density at radius 3 is 2.31 bits per heavy atom. The molecule has 4 N–H and O–H groups in total. The summed E-state index contributed by atoms with van der Waals surface area (Å²) in [4.78, 5) is 28.3. The third-order valence-electron chi connectivity index (χ3n) is 6.81. The first-order chi connectivity index (χ1) is 17.2. The topological polar surface area (TPSA) is 125 Å². The van der Waals surface area contributed by atoms with Crippen LogP contribution in [0.25, 0.3) is 0 Å². The number of rotatable bonds is 6. The lowest BCUT2D eigenvalue weighted by molar-refractivity contribution is -0.131. The second-order valence-electron chi connectivity index (χ2n) is 9.69. The maximum atomic E-state index is 13.6. The largest absolute Gasteiger partial charge is 0.350 e. The van der Waals surface area contributed by atoms with Crippen molar-refractivity contribution in [3.05, 3.63) is 65.7 Å². The first kappa shape index (κ1) is 26.1. The number of aryl methyl sites for hydroxylation is 1. The van der Waals surface area contributed by atoms with Crippen LogP contribution in [-0.2, 0) is 20.6 Å². The Kier molecular flexibility index (Phi) is 8.28. The third kappa shape index (κ3) is 6.43. The summed E-state index contributed by atoms with van der Waals surface area (Å²) in [5.41, 5.74) is 8.26. The van der Waals surface area contributed by atoms with Gasteiger partial charge < -0.3 is 16.4 Å². The summed E-state index contributed by atoms with van der Waals surface area (Å²) in [5, 5.41) is 5.83. The highest BCUT2D eigenvalue weighted by Gasteiger charge is 2.44. The van der Waals surface area contributed by atoms with Gasteiger partial charge >= 0.3 is 6.03 Å². The van der Waals surface area contributed by atoms with Crippen LogP contribution in [0, 0.1) is 6.92 Å². The van der Waals surface area contributed by atoms with Crippen LogP contribution in [-0.4, -0.2) is 60.9 Å². The maximum Gasteiger partial charge on any atom is 0.323 e. The first-order valence-electron chi connectivity index (χ1n) is 12.5. The number of benzene rings is 2. The molecule has 3 amide bonds. The van der Waals surface area contributed by atoms with Crippen LogP contribution in [0.3, 0.4) is 0 Å². The first-order valence-corrected chi connectivity index (χ1v) is 14.1. The van der Waals surface area contributed by atoms with Gasteiger partial charge in [-0.25, -0.2) is 13.2 Å². The van der Waals surface area contributed by atoms with Crippen molar-refractivity contribution in [2.24, 2.45) is 5.73 Å². The van der Waals surface area contributed by atoms with E-state index in [1.807, 2.05) is 25.1 Å². The fraction of sp³-hybridized carbons (Fsp3) is 0.462. The molecule has 1 unspecified atom stereocenters. The molecule has 0 radical (unpaired) electrons. The Bertz CT molecular complexity index is 1150. The van der Waals surface area contributed by atoms with Crippen molar-refractivity contribution >= 4 is 27.6 Å². The van der Waals surface area contributed by atoms with Crippen molar-refractivity contribution < 1.29 is 18.0 Å². The van der Waals surface area contributed by atoms with E-state index in [9.17, 15) is 18.0 Å². The number of nitrogens with two attached hydrogens (primary N) is 1. The number of amides is 3. The molecule has 2 aromatic carbocycles. The minimum absolute atomic E-state index is 0.0973. The number of carbonyl (C=O) groups excluding carboxylic acids is 2. The van der Waals surface area contributed by atoms with Crippen LogP contribution in [0.4, 0.5) is 10.5 Å². The van der Waals surface area contributed by atoms with Gasteiger partial charge in [-0.1, -0.05) is 48.0 Å². The lowest BCUT2D eigenvalue weighted by Gasteiger charge is -2.42. The zero-order valence-corrected chi connectivity index (χ0v) is 21.4. The van der Waals surface area contributed by atoms with Gasteiger partial charge in [-0.2, -0.15) is 4.31 Å². The molecule has 2 fully saturated rings. The molecular formula is C26H35N5O4S. The van der Waals surface area contributed by atoms with E-state index in [1.54, 1.807) is 36.4 Å². The number of nitrogens with one attached hydrogen (secondary N) is 2. The second-order valence-corrected chi connectivity index (χ2v) is 11.6. The number of carbonyl (C=O) groups is 2. The van der Waals surface area contributed by atoms with E-state index < -0.39 is 28.1 Å². The zero-order chi connectivity index (χ0) is 25.7. The fourth-order valence-electron chi connectivity index (χ4n) is 4.81. The average Bonchev–Trinajstić information content (AvgIpc) is 2.86. The van der Waals surface area contributed by atoms with Gasteiger partial charge in [0.15, 0.2) is 6.17 Å². The van der Waals surface area contributed by atoms with E-state index in [-0.39, 0.29) is 30.9 Å². The standard InChI is InChI=1S/C26H35N5O4S/c1-19-8-12-23(13-9-19)29-26(33)30-16-5-17-31(36(34,35)18-20-6-3-2-4-7-20)25(30)24(32)28-22-14-10-21(27)11-15-22/h2-4,6-9,12-13,21-22,25H,5,10-11,14-18,27H2,1H3,(H,28,32)(H,29,33). The Hall–Kier alpha value is -2.95. The molecule has 1 atom stereocenters. The highest BCUT2D eigenvalue weighted by molar-refractivity contribution is 7.88. The van der Waals surface area contributed by atoms with Gasteiger partial charge in [-0.05, 0) is 56.7 Å². The van der Waals surface area contributed by atoms with Crippen LogP contribution in [0.1, 0.15) is 43.2 Å². The molecule has 0 spiro atoms. The molecule has 0 bridgehead atoms. The smallest absolute Gasteiger partial charge is 0.323 e. The SMILES string of the molecule is Cc1ccc(NC(=O)N2CCCN(S(=O)(=O)Cc3ccccc3)C2C(=O)NC2CCC(N)CC2)cc1. The van der Waals surface area contributed by atoms with Gasteiger partial charge in [0.2, 0.25) is 10.0 Å². The van der Waals surface area contributed by atoms with Gasteiger partial charge in [0.25, 0.3) is 5.91 Å². The summed E-state index contributed by atoms with van der Waals surface area (Å²) in [7, 11) is -3.89. The molecule has 2 aliphatic rings. The molecular weight excluding hydrogens is 478 g/mol. The molecule has 36 heavy (non-hydrogen) atoms. The predicted molar refractivity (Wildman–Crippen MR) is 139 cm³/mol. The molecule has 0 aromatic heterocycles. The van der Waals surface area contributed by atoms with Crippen molar-refractivity contribution in [2.75, 3.05) is 18.4 Å². The van der Waals surface area contributed by atoms with Gasteiger partial charge in [0, 0.05) is 30.9 Å². The number of hydrogen-bond donors (Lipinski definition) is 3. The Balaban J connectivity index is 1.59. The molecule has 2 aromatic rings. The van der Waals surface area contributed by atoms with E-state index >= 15 is 0 Å². The molecule has 10 heteroatoms. The van der Waals surface area contributed by atoms with Gasteiger partial charge in [-0.15, -0.1) is 0 Å². The Morgan fingerprint density at radius 1 is 0.972 bits per heavy atom. The molecule has 4 rings (SSSR count). The van der Waals surface area contributed by atoms with E-state index in [4.69, 9.17) is 5.73 Å². The highest BCUT2D eigenvalue weighted by atomic mass is 32.2. The minimum Gasteiger partial charge on any atom is -0.350 e. The summed E-state index contributed by atoms with van der Waals surface area (Å²) in [6.45, 7) is 2.38. The molecule has 1 saturated carbocycles. The highest BCUT2D eigenvalue weighted by Crippen LogP contribution is 2.24. The molecule has 9 nitrogen and oxygen atoms in total. The lowest BCUT2D eigenvalue weighted by atomic mass is 9.92. The average molecular weight is 514 g/mol. The number of hydrogen-bond acceptors (Lipinski definition) is 5. The molecule has 1 aliphatic heterocycles. The van der Waals surface area contributed by atoms with E-state index in [1.165, 1.54) is 9.21 Å². The van der Waals surface area contributed by atoms with Gasteiger partial charge in [0.1, 0.15) is 0 Å². The second kappa shape index (κ2) is 11.4. The van der Waals surface area contributed by atoms with Crippen molar-refractivity contribution in [3.8, 4) is 0 Å². The minimum atomic E-state index is -3.89. The van der Waals surface area contributed by atoms with Crippen LogP contribution >= 0.6 is 0 Å². The van der Waals surface area contributed by atoms with Gasteiger partial charge in [0.05, 0.1) is 5.75 Å². The monoisotopic (exact) mass is 513 g/mol. The van der Waals surface area contributed by atoms with Crippen molar-refractivity contribution in [2.45, 2.75) is 63.0 Å². The predicted octanol–water partition coefficient (Wildman–Crippen LogP) is 2.78. The maximum absolute atomic E-state index is 13.6. The molecule has 1 heterocycles.